The van der Waals surface area contributed by atoms with E-state index in [-0.39, 0.29) is 12.4 Å². The number of halogens is 1. The van der Waals surface area contributed by atoms with Crippen molar-refractivity contribution in [1.82, 2.24) is 5.32 Å². The van der Waals surface area contributed by atoms with Crippen molar-refractivity contribution in [3.8, 4) is 0 Å². The smallest absolute Gasteiger partial charge is 0.319 e. The summed E-state index contributed by atoms with van der Waals surface area (Å²) in [5, 5.41) is 14.9. The molecule has 3 N–H and O–H groups in total. The molecule has 4 nitrogen and oxygen atoms in total. The molecular formula is C14H19FN2O2. The number of hydrogen-bond acceptors (Lipinski definition) is 2. The molecule has 0 atom stereocenters. The lowest BCUT2D eigenvalue weighted by Crippen LogP contribution is -2.50. The zero-order valence-corrected chi connectivity index (χ0v) is 11.0. The van der Waals surface area contributed by atoms with Crippen LogP contribution in [0.5, 0.6) is 0 Å². The van der Waals surface area contributed by atoms with E-state index < -0.39 is 11.6 Å². The zero-order valence-electron chi connectivity index (χ0n) is 11.0. The molecule has 1 aromatic carbocycles. The van der Waals surface area contributed by atoms with Crippen molar-refractivity contribution in [1.29, 1.82) is 0 Å². The number of rotatable bonds is 3. The van der Waals surface area contributed by atoms with Gasteiger partial charge in [0.05, 0.1) is 12.1 Å². The number of nitrogens with one attached hydrogen (secondary N) is 2. The van der Waals surface area contributed by atoms with Gasteiger partial charge in [-0.15, -0.1) is 0 Å². The molecule has 0 aliphatic heterocycles. The van der Waals surface area contributed by atoms with E-state index >= 15 is 0 Å². The van der Waals surface area contributed by atoms with Gasteiger partial charge in [-0.25, -0.2) is 9.18 Å². The Labute approximate surface area is 112 Å². The second-order valence-electron chi connectivity index (χ2n) is 5.14. The van der Waals surface area contributed by atoms with E-state index in [9.17, 15) is 14.3 Å². The van der Waals surface area contributed by atoms with Crippen molar-refractivity contribution in [2.45, 2.75) is 38.1 Å². The van der Waals surface area contributed by atoms with Crippen LogP contribution in [0.4, 0.5) is 14.9 Å². The van der Waals surface area contributed by atoms with Gasteiger partial charge in [-0.2, -0.15) is 0 Å². The molecule has 0 spiro atoms. The molecule has 2 amide bonds. The Morgan fingerprint density at radius 2 is 2.11 bits per heavy atom. The number of amides is 2. The summed E-state index contributed by atoms with van der Waals surface area (Å²) in [5.41, 5.74) is 0.330. The summed E-state index contributed by atoms with van der Waals surface area (Å²) in [6, 6.07) is 4.16. The van der Waals surface area contributed by atoms with Gasteiger partial charge >= 0.3 is 6.03 Å². The number of urea groups is 1. The van der Waals surface area contributed by atoms with Crippen LogP contribution in [0.25, 0.3) is 0 Å². The maximum Gasteiger partial charge on any atom is 0.319 e. The lowest BCUT2D eigenvalue weighted by molar-refractivity contribution is 0.167. The zero-order chi connectivity index (χ0) is 13.9. The number of hydrogen-bond donors (Lipinski definition) is 3. The molecule has 0 heterocycles. The first kappa shape index (κ1) is 13.8. The van der Waals surface area contributed by atoms with Crippen LogP contribution in [-0.2, 0) is 0 Å². The van der Waals surface area contributed by atoms with Crippen LogP contribution in [-0.4, -0.2) is 23.3 Å². The molecule has 0 bridgehead atoms. The highest BCUT2D eigenvalue weighted by Crippen LogP contribution is 2.29. The largest absolute Gasteiger partial charge is 0.394 e. The second-order valence-corrected chi connectivity index (χ2v) is 5.14. The maximum atomic E-state index is 13.4. The summed E-state index contributed by atoms with van der Waals surface area (Å²) in [6.45, 7) is 1.55. The Balaban J connectivity index is 2.03. The summed E-state index contributed by atoms with van der Waals surface area (Å²) < 4.78 is 13.4. The Kier molecular flexibility index (Phi) is 4.04. The molecule has 19 heavy (non-hydrogen) atoms. The predicted molar refractivity (Wildman–Crippen MR) is 71.6 cm³/mol. The minimum absolute atomic E-state index is 0.0669. The second kappa shape index (κ2) is 5.57. The fourth-order valence-electron chi connectivity index (χ4n) is 2.51. The number of aliphatic hydroxyl groups excluding tert-OH is 1. The van der Waals surface area contributed by atoms with Gasteiger partial charge in [-0.3, -0.25) is 0 Å². The van der Waals surface area contributed by atoms with Gasteiger partial charge in [-0.1, -0.05) is 18.9 Å². The van der Waals surface area contributed by atoms with Gasteiger partial charge in [0.1, 0.15) is 5.82 Å². The molecule has 1 saturated carbocycles. The third-order valence-electron chi connectivity index (χ3n) is 3.76. The van der Waals surface area contributed by atoms with E-state index in [1.807, 2.05) is 0 Å². The van der Waals surface area contributed by atoms with Crippen LogP contribution in [0.3, 0.4) is 0 Å². The standard InChI is InChI=1S/C14H19FN2O2/c1-10-11(15)5-4-6-12(10)16-13(19)17-14(9-18)7-2-3-8-14/h4-6,18H,2-3,7-9H2,1H3,(H2,16,17,19). The van der Waals surface area contributed by atoms with Crippen molar-refractivity contribution in [2.24, 2.45) is 0 Å². The van der Waals surface area contributed by atoms with Gasteiger partial charge in [0.25, 0.3) is 0 Å². The Morgan fingerprint density at radius 3 is 2.74 bits per heavy atom. The highest BCUT2D eigenvalue weighted by molar-refractivity contribution is 5.90. The van der Waals surface area contributed by atoms with Gasteiger partial charge in [-0.05, 0) is 31.9 Å². The van der Waals surface area contributed by atoms with E-state index in [1.165, 1.54) is 6.07 Å². The van der Waals surface area contributed by atoms with E-state index in [1.54, 1.807) is 19.1 Å². The average molecular weight is 266 g/mol. The van der Waals surface area contributed by atoms with Crippen LogP contribution >= 0.6 is 0 Å². The lowest BCUT2D eigenvalue weighted by atomic mass is 9.99. The first-order valence-corrected chi connectivity index (χ1v) is 6.51. The maximum absolute atomic E-state index is 13.4. The van der Waals surface area contributed by atoms with Crippen molar-refractivity contribution in [3.05, 3.63) is 29.6 Å². The van der Waals surface area contributed by atoms with Crippen molar-refractivity contribution >= 4 is 11.7 Å². The number of carbonyl (C=O) groups excluding carboxylic acids is 1. The molecule has 0 unspecified atom stereocenters. The highest BCUT2D eigenvalue weighted by Gasteiger charge is 2.34. The van der Waals surface area contributed by atoms with Crippen LogP contribution in [0.1, 0.15) is 31.2 Å². The number of aliphatic hydroxyl groups is 1. The normalized spacial score (nSPS) is 17.2. The van der Waals surface area contributed by atoms with Crippen molar-refractivity contribution in [2.75, 3.05) is 11.9 Å². The first-order valence-electron chi connectivity index (χ1n) is 6.51. The molecule has 0 saturated heterocycles. The molecule has 104 valence electrons. The third kappa shape index (κ3) is 3.04. The molecule has 1 aromatic rings. The van der Waals surface area contributed by atoms with E-state index in [4.69, 9.17) is 0 Å². The molecule has 1 aliphatic rings. The Hall–Kier alpha value is -1.62. The molecule has 5 heteroatoms. The number of benzene rings is 1. The van der Waals surface area contributed by atoms with Crippen molar-refractivity contribution < 1.29 is 14.3 Å². The van der Waals surface area contributed by atoms with Gasteiger partial charge in [0.15, 0.2) is 0 Å². The topological polar surface area (TPSA) is 61.4 Å². The summed E-state index contributed by atoms with van der Waals surface area (Å²) in [4.78, 5) is 11.9. The van der Waals surface area contributed by atoms with Crippen LogP contribution in [0.15, 0.2) is 18.2 Å². The van der Waals surface area contributed by atoms with Crippen LogP contribution < -0.4 is 10.6 Å². The summed E-state index contributed by atoms with van der Waals surface area (Å²) in [6.07, 6.45) is 3.55. The van der Waals surface area contributed by atoms with Gasteiger partial charge in [0, 0.05) is 11.3 Å². The summed E-state index contributed by atoms with van der Waals surface area (Å²) >= 11 is 0. The molecular weight excluding hydrogens is 247 g/mol. The summed E-state index contributed by atoms with van der Waals surface area (Å²) in [7, 11) is 0. The van der Waals surface area contributed by atoms with Crippen LogP contribution in [0, 0.1) is 12.7 Å². The van der Waals surface area contributed by atoms with Crippen LogP contribution in [0.2, 0.25) is 0 Å². The fraction of sp³-hybridized carbons (Fsp3) is 0.500. The average Bonchev–Trinajstić information content (AvgIpc) is 2.84. The number of anilines is 1. The van der Waals surface area contributed by atoms with E-state index in [2.05, 4.69) is 10.6 Å². The SMILES string of the molecule is Cc1c(F)cccc1NC(=O)NC1(CO)CCCC1. The van der Waals surface area contributed by atoms with E-state index in [0.717, 1.165) is 25.7 Å². The molecule has 1 fully saturated rings. The monoisotopic (exact) mass is 266 g/mol. The Morgan fingerprint density at radius 1 is 1.42 bits per heavy atom. The Bertz CT molecular complexity index is 471. The van der Waals surface area contributed by atoms with Crippen molar-refractivity contribution in [3.63, 3.8) is 0 Å². The minimum atomic E-state index is -0.523. The molecule has 1 aliphatic carbocycles. The van der Waals surface area contributed by atoms with Gasteiger partial charge < -0.3 is 15.7 Å². The predicted octanol–water partition coefficient (Wildman–Crippen LogP) is 2.56. The lowest BCUT2D eigenvalue weighted by Gasteiger charge is -2.28. The van der Waals surface area contributed by atoms with Gasteiger partial charge in [0.2, 0.25) is 0 Å². The number of carbonyl (C=O) groups is 1. The fourth-order valence-corrected chi connectivity index (χ4v) is 2.51. The first-order chi connectivity index (χ1) is 9.06. The minimum Gasteiger partial charge on any atom is -0.394 e. The molecule has 0 aromatic heterocycles. The van der Waals surface area contributed by atoms with E-state index in [0.29, 0.717) is 11.3 Å². The third-order valence-corrected chi connectivity index (χ3v) is 3.76. The quantitative estimate of drug-likeness (QED) is 0.787. The summed E-state index contributed by atoms with van der Waals surface area (Å²) in [5.74, 6) is -0.351. The molecule has 0 radical (unpaired) electrons. The molecule has 2 rings (SSSR count). The highest BCUT2D eigenvalue weighted by atomic mass is 19.1.